The number of hydrogen-bond acceptors (Lipinski definition) is 5. The Morgan fingerprint density at radius 1 is 1.14 bits per heavy atom. The number of aromatic hydroxyl groups is 1. The van der Waals surface area contributed by atoms with Crippen molar-refractivity contribution in [2.75, 3.05) is 32.7 Å². The number of hydrazone groups is 1. The smallest absolute Gasteiger partial charge is 0.254 e. The number of carbonyl (C=O) groups is 1. The molecule has 1 aliphatic heterocycles. The first-order valence-corrected chi connectivity index (χ1v) is 11.0. The molecular weight excluding hydrogens is 500 g/mol. The van der Waals surface area contributed by atoms with E-state index in [4.69, 9.17) is 0 Å². The monoisotopic (exact) mass is 522 g/mol. The number of phenolic OH excluding ortho intramolecular Hbond substituents is 1. The van der Waals surface area contributed by atoms with Gasteiger partial charge >= 0.3 is 0 Å². The van der Waals surface area contributed by atoms with E-state index in [-0.39, 0.29) is 11.7 Å². The molecule has 0 atom stereocenters. The maximum absolute atomic E-state index is 12.2. The second kappa shape index (κ2) is 10.3. The van der Waals surface area contributed by atoms with E-state index in [9.17, 15) is 9.90 Å². The Morgan fingerprint density at radius 3 is 2.48 bits per heavy atom. The zero-order valence-corrected chi connectivity index (χ0v) is 19.4. The lowest BCUT2D eigenvalue weighted by Crippen LogP contribution is -2.48. The molecule has 1 aliphatic rings. The van der Waals surface area contributed by atoms with Crippen molar-refractivity contribution in [3.05, 3.63) is 62.0 Å². The minimum absolute atomic E-state index is 0.0795. The summed E-state index contributed by atoms with van der Waals surface area (Å²) in [7, 11) is 0. The quantitative estimate of drug-likeness (QED) is 0.449. The average molecular weight is 524 g/mol. The normalized spacial score (nSPS) is 15.7. The number of nitrogens with zero attached hydrogens (tertiary/aromatic N) is 3. The standard InChI is InChI=1S/C21H24Br2N4O2/c1-15-2-4-16(5-3-15)13-26-6-8-27(9-7-26)14-20(28)25-24-12-17-10-18(22)11-19(23)21(17)29/h2-5,10-12,29H,6-9,13-14H2,1H3,(H,25,28). The summed E-state index contributed by atoms with van der Waals surface area (Å²) < 4.78 is 1.36. The zero-order valence-electron chi connectivity index (χ0n) is 16.2. The van der Waals surface area contributed by atoms with Crippen LogP contribution >= 0.6 is 31.9 Å². The van der Waals surface area contributed by atoms with Gasteiger partial charge in [-0.05, 0) is 40.5 Å². The number of carbonyl (C=O) groups excluding carboxylic acids is 1. The van der Waals surface area contributed by atoms with Gasteiger partial charge in [-0.25, -0.2) is 5.43 Å². The molecule has 0 unspecified atom stereocenters. The summed E-state index contributed by atoms with van der Waals surface area (Å²) in [4.78, 5) is 16.7. The molecule has 1 fully saturated rings. The largest absolute Gasteiger partial charge is 0.506 e. The van der Waals surface area contributed by atoms with Crippen LogP contribution in [0.15, 0.2) is 50.4 Å². The molecule has 6 nitrogen and oxygen atoms in total. The molecule has 1 saturated heterocycles. The fraction of sp³-hybridized carbons (Fsp3) is 0.333. The summed E-state index contributed by atoms with van der Waals surface area (Å²) in [5.41, 5.74) is 5.64. The number of rotatable bonds is 6. The molecule has 3 rings (SSSR count). The van der Waals surface area contributed by atoms with Crippen molar-refractivity contribution in [2.45, 2.75) is 13.5 Å². The van der Waals surface area contributed by atoms with Crippen LogP contribution in [0.2, 0.25) is 0 Å². The van der Waals surface area contributed by atoms with Crippen LogP contribution in [0.4, 0.5) is 0 Å². The van der Waals surface area contributed by atoms with Crippen LogP contribution in [0.5, 0.6) is 5.75 Å². The van der Waals surface area contributed by atoms with Gasteiger partial charge in [-0.2, -0.15) is 5.10 Å². The first kappa shape index (κ1) is 22.0. The number of aryl methyl sites for hydroxylation is 1. The van der Waals surface area contributed by atoms with Crippen LogP contribution in [-0.2, 0) is 11.3 Å². The molecule has 0 saturated carbocycles. The maximum atomic E-state index is 12.2. The van der Waals surface area contributed by atoms with Gasteiger partial charge in [-0.3, -0.25) is 14.6 Å². The number of amides is 1. The second-order valence-corrected chi connectivity index (χ2v) is 8.93. The molecule has 0 spiro atoms. The van der Waals surface area contributed by atoms with E-state index >= 15 is 0 Å². The summed E-state index contributed by atoms with van der Waals surface area (Å²) >= 11 is 6.63. The van der Waals surface area contributed by atoms with Gasteiger partial charge in [-0.1, -0.05) is 45.8 Å². The minimum atomic E-state index is -0.165. The lowest BCUT2D eigenvalue weighted by Gasteiger charge is -2.34. The molecule has 0 radical (unpaired) electrons. The van der Waals surface area contributed by atoms with Crippen molar-refractivity contribution < 1.29 is 9.90 Å². The van der Waals surface area contributed by atoms with E-state index in [0.29, 0.717) is 16.6 Å². The predicted octanol–water partition coefficient (Wildman–Crippen LogP) is 3.49. The van der Waals surface area contributed by atoms with Crippen molar-refractivity contribution in [1.29, 1.82) is 0 Å². The zero-order chi connectivity index (χ0) is 20.8. The second-order valence-electron chi connectivity index (χ2n) is 7.16. The van der Waals surface area contributed by atoms with Crippen molar-refractivity contribution >= 4 is 44.0 Å². The van der Waals surface area contributed by atoms with Gasteiger partial charge in [0.05, 0.1) is 17.2 Å². The highest BCUT2D eigenvalue weighted by Gasteiger charge is 2.18. The van der Waals surface area contributed by atoms with E-state index in [2.05, 4.69) is 83.4 Å². The van der Waals surface area contributed by atoms with Crippen molar-refractivity contribution in [2.24, 2.45) is 5.10 Å². The van der Waals surface area contributed by atoms with E-state index in [1.165, 1.54) is 17.3 Å². The molecular formula is C21H24Br2N4O2. The third-order valence-corrected chi connectivity index (χ3v) is 5.87. The molecule has 2 N–H and O–H groups in total. The molecule has 8 heteroatoms. The molecule has 154 valence electrons. The Kier molecular flexibility index (Phi) is 7.83. The lowest BCUT2D eigenvalue weighted by atomic mass is 10.1. The third-order valence-electron chi connectivity index (χ3n) is 4.81. The van der Waals surface area contributed by atoms with E-state index < -0.39 is 0 Å². The van der Waals surface area contributed by atoms with Gasteiger partial charge in [0, 0.05) is 42.8 Å². The lowest BCUT2D eigenvalue weighted by molar-refractivity contribution is -0.122. The molecule has 1 heterocycles. The maximum Gasteiger partial charge on any atom is 0.254 e. The van der Waals surface area contributed by atoms with Gasteiger partial charge in [0.25, 0.3) is 5.91 Å². The summed E-state index contributed by atoms with van der Waals surface area (Å²) in [5, 5.41) is 14.0. The SMILES string of the molecule is Cc1ccc(CN2CCN(CC(=O)NN=Cc3cc(Br)cc(Br)c3O)CC2)cc1. The molecule has 2 aromatic rings. The minimum Gasteiger partial charge on any atom is -0.506 e. The highest BCUT2D eigenvalue weighted by atomic mass is 79.9. The first-order valence-electron chi connectivity index (χ1n) is 9.41. The highest BCUT2D eigenvalue weighted by molar-refractivity contribution is 9.11. The molecule has 0 bridgehead atoms. The number of phenols is 1. The molecule has 2 aromatic carbocycles. The van der Waals surface area contributed by atoms with Gasteiger partial charge in [0.1, 0.15) is 5.75 Å². The van der Waals surface area contributed by atoms with Crippen LogP contribution < -0.4 is 5.43 Å². The Labute approximate surface area is 187 Å². The first-order chi connectivity index (χ1) is 13.9. The van der Waals surface area contributed by atoms with Crippen molar-refractivity contribution in [3.8, 4) is 5.75 Å². The Hall–Kier alpha value is -1.74. The van der Waals surface area contributed by atoms with Crippen molar-refractivity contribution in [3.63, 3.8) is 0 Å². The van der Waals surface area contributed by atoms with Gasteiger partial charge in [0.15, 0.2) is 0 Å². The van der Waals surface area contributed by atoms with Crippen LogP contribution in [-0.4, -0.2) is 59.8 Å². The molecule has 0 aliphatic carbocycles. The number of halogens is 2. The van der Waals surface area contributed by atoms with E-state index in [1.807, 2.05) is 0 Å². The van der Waals surface area contributed by atoms with Crippen LogP contribution in [0.3, 0.4) is 0 Å². The molecule has 29 heavy (non-hydrogen) atoms. The summed E-state index contributed by atoms with van der Waals surface area (Å²) in [6.07, 6.45) is 1.43. The molecule has 0 aromatic heterocycles. The molecule has 1 amide bonds. The van der Waals surface area contributed by atoms with Crippen molar-refractivity contribution in [1.82, 2.24) is 15.2 Å². The summed E-state index contributed by atoms with van der Waals surface area (Å²) in [5.74, 6) is -0.0855. The Morgan fingerprint density at radius 2 is 1.79 bits per heavy atom. The Bertz CT molecular complexity index is 879. The number of hydrogen-bond donors (Lipinski definition) is 2. The van der Waals surface area contributed by atoms with Gasteiger partial charge < -0.3 is 5.11 Å². The van der Waals surface area contributed by atoms with E-state index in [1.54, 1.807) is 12.1 Å². The van der Waals surface area contributed by atoms with Crippen LogP contribution in [0.1, 0.15) is 16.7 Å². The number of benzene rings is 2. The predicted molar refractivity (Wildman–Crippen MR) is 122 cm³/mol. The summed E-state index contributed by atoms with van der Waals surface area (Å²) in [6.45, 7) is 6.91. The third kappa shape index (κ3) is 6.64. The number of piperazine rings is 1. The highest BCUT2D eigenvalue weighted by Crippen LogP contribution is 2.30. The fourth-order valence-corrected chi connectivity index (χ4v) is 4.41. The topological polar surface area (TPSA) is 68.2 Å². The van der Waals surface area contributed by atoms with E-state index in [0.717, 1.165) is 37.2 Å². The van der Waals surface area contributed by atoms with Gasteiger partial charge in [0.2, 0.25) is 0 Å². The Balaban J connectivity index is 1.42. The van der Waals surface area contributed by atoms with Crippen LogP contribution in [0.25, 0.3) is 0 Å². The van der Waals surface area contributed by atoms with Gasteiger partial charge in [-0.15, -0.1) is 0 Å². The van der Waals surface area contributed by atoms with Crippen LogP contribution in [0, 0.1) is 6.92 Å². The number of nitrogens with one attached hydrogen (secondary N) is 1. The fourth-order valence-electron chi connectivity index (χ4n) is 3.15. The average Bonchev–Trinajstić information content (AvgIpc) is 2.69. The summed E-state index contributed by atoms with van der Waals surface area (Å²) in [6, 6.07) is 12.1.